The minimum absolute atomic E-state index is 0.588. The summed E-state index contributed by atoms with van der Waals surface area (Å²) in [5.74, 6) is 2.35. The van der Waals surface area contributed by atoms with Crippen LogP contribution in [0.15, 0.2) is 63.5 Å². The second-order valence-corrected chi connectivity index (χ2v) is 8.93. The molecule has 0 saturated heterocycles. The maximum atomic E-state index is 6.28. The first-order chi connectivity index (χ1) is 16.6. The van der Waals surface area contributed by atoms with Gasteiger partial charge in [-0.1, -0.05) is 37.3 Å². The smallest absolute Gasteiger partial charge is 0.180 e. The van der Waals surface area contributed by atoms with Crippen molar-refractivity contribution in [2.45, 2.75) is 26.8 Å². The molecule has 168 valence electrons. The quantitative estimate of drug-likeness (QED) is 0.317. The fourth-order valence-electron chi connectivity index (χ4n) is 4.31. The van der Waals surface area contributed by atoms with Crippen LogP contribution in [0.5, 0.6) is 0 Å². The molecule has 8 nitrogen and oxygen atoms in total. The van der Waals surface area contributed by atoms with Crippen molar-refractivity contribution < 1.29 is 4.42 Å². The summed E-state index contributed by atoms with van der Waals surface area (Å²) in [5.41, 5.74) is 6.54. The van der Waals surface area contributed by atoms with Gasteiger partial charge in [-0.05, 0) is 63.1 Å². The molecule has 0 radical (unpaired) electrons. The highest BCUT2D eigenvalue weighted by Crippen LogP contribution is 2.41. The van der Waals surface area contributed by atoms with Gasteiger partial charge in [-0.25, -0.2) is 15.1 Å². The van der Waals surface area contributed by atoms with Gasteiger partial charge in [-0.15, -0.1) is 5.10 Å². The lowest BCUT2D eigenvalue weighted by Crippen LogP contribution is -2.05. The first-order valence-corrected chi connectivity index (χ1v) is 11.8. The molecule has 0 aliphatic carbocycles. The first kappa shape index (κ1) is 20.7. The molecule has 0 unspecified atom stereocenters. The predicted octanol–water partition coefficient (Wildman–Crippen LogP) is 5.71. The highest BCUT2D eigenvalue weighted by Gasteiger charge is 2.19. The van der Waals surface area contributed by atoms with E-state index in [1.54, 1.807) is 0 Å². The van der Waals surface area contributed by atoms with E-state index in [1.165, 1.54) is 0 Å². The highest BCUT2D eigenvalue weighted by molar-refractivity contribution is 9.10. The first-order valence-electron chi connectivity index (χ1n) is 11.0. The Morgan fingerprint density at radius 3 is 2.68 bits per heavy atom. The van der Waals surface area contributed by atoms with Crippen LogP contribution in [-0.4, -0.2) is 35.2 Å². The van der Waals surface area contributed by atoms with Crippen molar-refractivity contribution in [2.75, 3.05) is 0 Å². The van der Waals surface area contributed by atoms with Crippen molar-refractivity contribution >= 4 is 38.1 Å². The number of hydrogen-bond acceptors (Lipinski definition) is 6. The molecule has 0 aliphatic heterocycles. The van der Waals surface area contributed by atoms with E-state index >= 15 is 0 Å². The maximum Gasteiger partial charge on any atom is 0.180 e. The fraction of sp³-hybridized carbons (Fsp3) is 0.160. The van der Waals surface area contributed by atoms with E-state index in [2.05, 4.69) is 60.2 Å². The Balaban J connectivity index is 1.44. The largest absolute Gasteiger partial charge is 0.455 e. The average molecular weight is 514 g/mol. The Kier molecular flexibility index (Phi) is 4.99. The summed E-state index contributed by atoms with van der Waals surface area (Å²) in [5, 5.41) is 15.3. The van der Waals surface area contributed by atoms with Gasteiger partial charge in [0.25, 0.3) is 0 Å². The van der Waals surface area contributed by atoms with E-state index in [9.17, 15) is 0 Å². The Hall–Kier alpha value is -3.85. The van der Waals surface area contributed by atoms with Gasteiger partial charge in [0.05, 0.1) is 11.0 Å². The normalized spacial score (nSPS) is 11.6. The number of nitrogens with one attached hydrogen (secondary N) is 1. The minimum atomic E-state index is 0.588. The third-order valence-electron chi connectivity index (χ3n) is 5.93. The third-order valence-corrected chi connectivity index (χ3v) is 6.72. The van der Waals surface area contributed by atoms with Crippen molar-refractivity contribution in [1.82, 2.24) is 35.2 Å². The van der Waals surface area contributed by atoms with Gasteiger partial charge in [0.1, 0.15) is 22.7 Å². The molecule has 4 heterocycles. The Labute approximate surface area is 203 Å². The number of pyridine rings is 1. The Morgan fingerprint density at radius 2 is 1.88 bits per heavy atom. The number of aromatic nitrogens is 7. The van der Waals surface area contributed by atoms with Gasteiger partial charge in [-0.3, -0.25) is 0 Å². The molecule has 0 atom stereocenters. The zero-order valence-electron chi connectivity index (χ0n) is 18.6. The highest BCUT2D eigenvalue weighted by atomic mass is 79.9. The molecule has 34 heavy (non-hydrogen) atoms. The number of H-pyrrole nitrogens is 1. The Morgan fingerprint density at radius 1 is 1.03 bits per heavy atom. The van der Waals surface area contributed by atoms with E-state index in [0.29, 0.717) is 12.4 Å². The number of hydrogen-bond donors (Lipinski definition) is 1. The van der Waals surface area contributed by atoms with Crippen LogP contribution in [-0.2, 0) is 13.0 Å². The number of fused-ring (bicyclic) bond motifs is 2. The maximum absolute atomic E-state index is 6.28. The van der Waals surface area contributed by atoms with Crippen LogP contribution in [0, 0.1) is 6.92 Å². The van der Waals surface area contributed by atoms with E-state index in [4.69, 9.17) is 14.4 Å². The zero-order valence-corrected chi connectivity index (χ0v) is 20.2. The van der Waals surface area contributed by atoms with Gasteiger partial charge in [0.15, 0.2) is 11.5 Å². The predicted molar refractivity (Wildman–Crippen MR) is 133 cm³/mol. The zero-order chi connectivity index (χ0) is 23.2. The number of imidazole rings is 1. The summed E-state index contributed by atoms with van der Waals surface area (Å²) in [6.07, 6.45) is 0.838. The summed E-state index contributed by atoms with van der Waals surface area (Å²) in [7, 11) is 0. The number of halogens is 1. The summed E-state index contributed by atoms with van der Waals surface area (Å²) >= 11 is 3.79. The number of nitrogens with zero attached hydrogens (tertiary/aromatic N) is 6. The monoisotopic (exact) mass is 513 g/mol. The van der Waals surface area contributed by atoms with Crippen LogP contribution in [0.4, 0.5) is 0 Å². The van der Waals surface area contributed by atoms with E-state index in [-0.39, 0.29) is 0 Å². The van der Waals surface area contributed by atoms with Crippen LogP contribution in [0.3, 0.4) is 0 Å². The van der Waals surface area contributed by atoms with Crippen molar-refractivity contribution in [3.63, 3.8) is 0 Å². The molecule has 0 fully saturated rings. The molecule has 2 aromatic carbocycles. The molecule has 0 saturated carbocycles. The fourth-order valence-corrected chi connectivity index (χ4v) is 4.91. The summed E-state index contributed by atoms with van der Waals surface area (Å²) in [6.45, 7) is 4.80. The molecule has 6 aromatic rings. The van der Waals surface area contributed by atoms with Crippen LogP contribution in [0.2, 0.25) is 0 Å². The molecule has 6 rings (SSSR count). The van der Waals surface area contributed by atoms with E-state index in [0.717, 1.165) is 67.0 Å². The Bertz CT molecular complexity index is 1650. The van der Waals surface area contributed by atoms with Crippen LogP contribution < -0.4 is 0 Å². The lowest BCUT2D eigenvalue weighted by Gasteiger charge is -2.08. The number of rotatable bonds is 5. The number of aromatic amines is 1. The molecule has 1 N–H and O–H groups in total. The molecular weight excluding hydrogens is 494 g/mol. The molecule has 9 heteroatoms. The molecule has 0 spiro atoms. The van der Waals surface area contributed by atoms with Gasteiger partial charge >= 0.3 is 0 Å². The van der Waals surface area contributed by atoms with Gasteiger partial charge in [-0.2, -0.15) is 0 Å². The number of tetrazole rings is 1. The van der Waals surface area contributed by atoms with Crippen LogP contribution in [0.25, 0.3) is 44.8 Å². The second-order valence-electron chi connectivity index (χ2n) is 8.13. The topological polar surface area (TPSA) is 98.3 Å². The van der Waals surface area contributed by atoms with Gasteiger partial charge < -0.3 is 8.98 Å². The molecule has 0 aliphatic rings. The third kappa shape index (κ3) is 3.40. The van der Waals surface area contributed by atoms with E-state index in [1.807, 2.05) is 49.4 Å². The van der Waals surface area contributed by atoms with Crippen molar-refractivity contribution in [2.24, 2.45) is 0 Å². The lowest BCUT2D eigenvalue weighted by molar-refractivity contribution is 0.629. The molecule has 0 bridgehead atoms. The van der Waals surface area contributed by atoms with Crippen molar-refractivity contribution in [1.29, 1.82) is 0 Å². The van der Waals surface area contributed by atoms with Crippen LogP contribution >= 0.6 is 15.9 Å². The summed E-state index contributed by atoms with van der Waals surface area (Å²) < 4.78 is 9.38. The lowest BCUT2D eigenvalue weighted by atomic mass is 10.0. The second kappa shape index (κ2) is 8.18. The van der Waals surface area contributed by atoms with Crippen molar-refractivity contribution in [3.8, 4) is 22.7 Å². The standard InChI is InChI=1S/C25H20BrN7O/c1-3-21-28-19-10-8-14(2)27-25(19)33(21)13-15-9-11-20-18(12-15)22(26)23(34-20)16-6-4-5-7-17(16)24-29-31-32-30-24/h4-12H,3,13H2,1-2H3,(H,29,30,31,32). The molecular formula is C25H20BrN7O. The molecule has 4 aromatic heterocycles. The van der Waals surface area contributed by atoms with Crippen molar-refractivity contribution in [3.05, 3.63) is 76.2 Å². The number of furan rings is 1. The number of aryl methyl sites for hydroxylation is 2. The summed E-state index contributed by atoms with van der Waals surface area (Å²) in [6, 6.07) is 18.2. The number of benzene rings is 2. The van der Waals surface area contributed by atoms with Crippen LogP contribution in [0.1, 0.15) is 24.0 Å². The average Bonchev–Trinajstić information content (AvgIpc) is 3.58. The van der Waals surface area contributed by atoms with E-state index < -0.39 is 0 Å². The van der Waals surface area contributed by atoms with Gasteiger partial charge in [0, 0.05) is 28.6 Å². The molecule has 0 amide bonds. The summed E-state index contributed by atoms with van der Waals surface area (Å²) in [4.78, 5) is 9.53. The van der Waals surface area contributed by atoms with Gasteiger partial charge in [0.2, 0.25) is 0 Å². The minimum Gasteiger partial charge on any atom is -0.455 e. The SMILES string of the molecule is CCc1nc2ccc(C)nc2n1Cc1ccc2oc(-c3ccccc3-c3nnn[nH]3)c(Br)c2c1.